The number of carbonyl (C=O) groups excluding carboxylic acids is 2. The average molecular weight is 422 g/mol. The van der Waals surface area contributed by atoms with Gasteiger partial charge in [-0.2, -0.15) is 0 Å². The summed E-state index contributed by atoms with van der Waals surface area (Å²) in [5, 5.41) is 2.84. The molecule has 0 spiro atoms. The maximum Gasteiger partial charge on any atom is 0.321 e. The zero-order valence-electron chi connectivity index (χ0n) is 17.8. The molecule has 2 aliphatic rings. The third-order valence-electron chi connectivity index (χ3n) is 5.61. The van der Waals surface area contributed by atoms with Crippen molar-refractivity contribution in [2.75, 3.05) is 37.7 Å². The van der Waals surface area contributed by atoms with Crippen molar-refractivity contribution in [1.29, 1.82) is 0 Å². The molecule has 1 fully saturated rings. The molecule has 2 aromatic rings. The molecule has 1 aromatic heterocycles. The van der Waals surface area contributed by atoms with Crippen LogP contribution in [0.25, 0.3) is 0 Å². The number of ether oxygens (including phenoxy) is 1. The lowest BCUT2D eigenvalue weighted by Gasteiger charge is -2.39. The first-order chi connectivity index (χ1) is 15.1. The summed E-state index contributed by atoms with van der Waals surface area (Å²) >= 11 is 0. The third kappa shape index (κ3) is 4.52. The smallest absolute Gasteiger partial charge is 0.321 e. The quantitative estimate of drug-likeness (QED) is 0.600. The van der Waals surface area contributed by atoms with Crippen LogP contribution in [0.5, 0.6) is 0 Å². The fourth-order valence-electron chi connectivity index (χ4n) is 3.92. The highest BCUT2D eigenvalue weighted by Gasteiger charge is 2.42. The van der Waals surface area contributed by atoms with Gasteiger partial charge >= 0.3 is 5.97 Å². The Morgan fingerprint density at radius 2 is 1.81 bits per heavy atom. The Morgan fingerprint density at radius 1 is 1.10 bits per heavy atom. The molecule has 4 rings (SSSR count). The predicted molar refractivity (Wildman–Crippen MR) is 118 cm³/mol. The SMILES string of the molecule is CCOC(=O)[C@H]1C(=O)NC(N2CCN(c3ccccn3)CC2)=N[C@@H]1c1ccc(C)cc1. The van der Waals surface area contributed by atoms with Gasteiger partial charge in [-0.1, -0.05) is 35.9 Å². The summed E-state index contributed by atoms with van der Waals surface area (Å²) in [5.74, 6) is -0.468. The predicted octanol–water partition coefficient (Wildman–Crippen LogP) is 1.92. The summed E-state index contributed by atoms with van der Waals surface area (Å²) in [6.07, 6.45) is 1.79. The van der Waals surface area contributed by atoms with Crippen molar-refractivity contribution in [1.82, 2.24) is 15.2 Å². The highest BCUT2D eigenvalue weighted by molar-refractivity contribution is 6.08. The van der Waals surface area contributed by atoms with Crippen LogP contribution < -0.4 is 10.2 Å². The van der Waals surface area contributed by atoms with Crippen molar-refractivity contribution in [2.45, 2.75) is 19.9 Å². The Bertz CT molecular complexity index is 953. The highest BCUT2D eigenvalue weighted by Crippen LogP contribution is 2.31. The number of esters is 1. The van der Waals surface area contributed by atoms with E-state index in [1.54, 1.807) is 13.1 Å². The van der Waals surface area contributed by atoms with Crippen molar-refractivity contribution >= 4 is 23.7 Å². The van der Waals surface area contributed by atoms with Crippen LogP contribution in [0, 0.1) is 12.8 Å². The number of hydrogen-bond donors (Lipinski definition) is 1. The second kappa shape index (κ2) is 9.16. The lowest BCUT2D eigenvalue weighted by atomic mass is 9.91. The Hall–Kier alpha value is -3.42. The van der Waals surface area contributed by atoms with Crippen LogP contribution in [-0.4, -0.2) is 60.5 Å². The van der Waals surface area contributed by atoms with Gasteiger partial charge in [0.1, 0.15) is 11.9 Å². The molecule has 8 nitrogen and oxygen atoms in total. The van der Waals surface area contributed by atoms with Gasteiger partial charge in [0.25, 0.3) is 0 Å². The molecule has 2 atom stereocenters. The van der Waals surface area contributed by atoms with Gasteiger partial charge in [-0.15, -0.1) is 0 Å². The molecule has 1 aromatic carbocycles. The van der Waals surface area contributed by atoms with Gasteiger partial charge in [-0.3, -0.25) is 14.9 Å². The number of aromatic nitrogens is 1. The molecule has 0 saturated carbocycles. The molecule has 31 heavy (non-hydrogen) atoms. The number of piperazine rings is 1. The molecular weight excluding hydrogens is 394 g/mol. The number of rotatable bonds is 4. The molecule has 162 valence electrons. The maximum absolute atomic E-state index is 13.0. The number of hydrogen-bond acceptors (Lipinski definition) is 7. The Balaban J connectivity index is 1.56. The average Bonchev–Trinajstić information content (AvgIpc) is 2.80. The summed E-state index contributed by atoms with van der Waals surface area (Å²) in [6.45, 7) is 6.87. The van der Waals surface area contributed by atoms with Gasteiger partial charge < -0.3 is 14.5 Å². The molecule has 8 heteroatoms. The standard InChI is InChI=1S/C23H27N5O3/c1-3-31-22(30)19-20(17-9-7-16(2)8-10-17)25-23(26-21(19)29)28-14-12-27(13-15-28)18-6-4-5-11-24-18/h4-11,19-20H,3,12-15H2,1-2H3,(H,25,26,29)/t19-,20-/m1/s1. The number of pyridine rings is 1. The van der Waals surface area contributed by atoms with E-state index < -0.39 is 17.9 Å². The van der Waals surface area contributed by atoms with Crippen molar-refractivity contribution < 1.29 is 14.3 Å². The zero-order chi connectivity index (χ0) is 21.8. The van der Waals surface area contributed by atoms with Crippen LogP contribution >= 0.6 is 0 Å². The first-order valence-corrected chi connectivity index (χ1v) is 10.6. The number of benzene rings is 1. The number of carbonyl (C=O) groups is 2. The van der Waals surface area contributed by atoms with Crippen molar-refractivity contribution in [3.05, 3.63) is 59.8 Å². The summed E-state index contributed by atoms with van der Waals surface area (Å²) in [4.78, 5) is 39.0. The topological polar surface area (TPSA) is 87.1 Å². The van der Waals surface area contributed by atoms with E-state index in [0.29, 0.717) is 19.0 Å². The first kappa shape index (κ1) is 20.8. The third-order valence-corrected chi connectivity index (χ3v) is 5.61. The summed E-state index contributed by atoms with van der Waals surface area (Å²) < 4.78 is 5.17. The fourth-order valence-corrected chi connectivity index (χ4v) is 3.92. The van der Waals surface area contributed by atoms with Gasteiger partial charge in [0.05, 0.1) is 6.61 Å². The van der Waals surface area contributed by atoms with E-state index in [1.807, 2.05) is 49.4 Å². The minimum absolute atomic E-state index is 0.218. The number of nitrogens with one attached hydrogen (secondary N) is 1. The Morgan fingerprint density at radius 3 is 2.45 bits per heavy atom. The number of aryl methyl sites for hydroxylation is 1. The van der Waals surface area contributed by atoms with Crippen LogP contribution in [0.3, 0.4) is 0 Å². The fraction of sp³-hybridized carbons (Fsp3) is 0.391. The van der Waals surface area contributed by atoms with Crippen LogP contribution in [0.1, 0.15) is 24.1 Å². The molecule has 1 saturated heterocycles. The second-order valence-electron chi connectivity index (χ2n) is 7.69. The van der Waals surface area contributed by atoms with Crippen molar-refractivity contribution in [3.8, 4) is 0 Å². The zero-order valence-corrected chi connectivity index (χ0v) is 17.8. The molecule has 0 unspecified atom stereocenters. The van der Waals surface area contributed by atoms with Gasteiger partial charge in [0.15, 0.2) is 5.92 Å². The highest BCUT2D eigenvalue weighted by atomic mass is 16.5. The van der Waals surface area contributed by atoms with Gasteiger partial charge in [-0.25, -0.2) is 9.98 Å². The van der Waals surface area contributed by atoms with Crippen LogP contribution in [0.2, 0.25) is 0 Å². The lowest BCUT2D eigenvalue weighted by molar-refractivity contribution is -0.153. The summed E-state index contributed by atoms with van der Waals surface area (Å²) in [7, 11) is 0. The molecule has 3 heterocycles. The molecule has 1 N–H and O–H groups in total. The van der Waals surface area contributed by atoms with Crippen LogP contribution in [0.4, 0.5) is 5.82 Å². The molecule has 2 aliphatic heterocycles. The van der Waals surface area contributed by atoms with E-state index in [-0.39, 0.29) is 12.5 Å². The number of guanidine groups is 1. The molecule has 1 amide bonds. The normalized spacial score (nSPS) is 21.4. The number of amides is 1. The molecular formula is C23H27N5O3. The van der Waals surface area contributed by atoms with E-state index in [2.05, 4.69) is 20.1 Å². The lowest BCUT2D eigenvalue weighted by Crippen LogP contribution is -2.57. The maximum atomic E-state index is 13.0. The molecule has 0 bridgehead atoms. The van der Waals surface area contributed by atoms with Crippen LogP contribution in [0.15, 0.2) is 53.7 Å². The first-order valence-electron chi connectivity index (χ1n) is 10.6. The molecule has 0 radical (unpaired) electrons. The minimum atomic E-state index is -0.999. The second-order valence-corrected chi connectivity index (χ2v) is 7.69. The number of nitrogens with zero attached hydrogens (tertiary/aromatic N) is 4. The minimum Gasteiger partial charge on any atom is -0.465 e. The largest absolute Gasteiger partial charge is 0.465 e. The van der Waals surface area contributed by atoms with E-state index in [4.69, 9.17) is 9.73 Å². The number of anilines is 1. The summed E-state index contributed by atoms with van der Waals surface area (Å²) in [5.41, 5.74) is 1.93. The van der Waals surface area contributed by atoms with E-state index in [0.717, 1.165) is 30.0 Å². The summed E-state index contributed by atoms with van der Waals surface area (Å²) in [6, 6.07) is 13.0. The van der Waals surface area contributed by atoms with Crippen molar-refractivity contribution in [2.24, 2.45) is 10.9 Å². The van der Waals surface area contributed by atoms with Gasteiger partial charge in [0, 0.05) is 32.4 Å². The van der Waals surface area contributed by atoms with Gasteiger partial charge in [0.2, 0.25) is 11.9 Å². The molecule has 0 aliphatic carbocycles. The van der Waals surface area contributed by atoms with Crippen molar-refractivity contribution in [3.63, 3.8) is 0 Å². The Kier molecular flexibility index (Phi) is 6.16. The monoisotopic (exact) mass is 421 g/mol. The van der Waals surface area contributed by atoms with Gasteiger partial charge in [-0.05, 0) is 31.5 Å². The van der Waals surface area contributed by atoms with E-state index >= 15 is 0 Å². The van der Waals surface area contributed by atoms with E-state index in [9.17, 15) is 9.59 Å². The van der Waals surface area contributed by atoms with E-state index in [1.165, 1.54) is 0 Å². The number of aliphatic imine (C=N–C) groups is 1. The van der Waals surface area contributed by atoms with Crippen LogP contribution in [-0.2, 0) is 14.3 Å². The Labute approximate surface area is 181 Å².